The summed E-state index contributed by atoms with van der Waals surface area (Å²) in [4.78, 5) is 14.0. The van der Waals surface area contributed by atoms with Crippen molar-refractivity contribution in [3.05, 3.63) is 77.2 Å². The molecule has 2 nitrogen and oxygen atoms in total. The normalized spacial score (nSPS) is 10.6. The van der Waals surface area contributed by atoms with E-state index in [0.717, 1.165) is 26.3 Å². The minimum absolute atomic E-state index is 0.0527. The molecule has 0 aliphatic heterocycles. The van der Waals surface area contributed by atoms with Crippen molar-refractivity contribution in [3.63, 3.8) is 0 Å². The number of ketones is 1. The summed E-state index contributed by atoms with van der Waals surface area (Å²) in [6, 6.07) is 15.3. The van der Waals surface area contributed by atoms with Crippen LogP contribution in [0, 0.1) is 0 Å². The van der Waals surface area contributed by atoms with E-state index in [0.29, 0.717) is 12.0 Å². The fraction of sp³-hybridized carbons (Fsp3) is 0.105. The second-order valence-electron chi connectivity index (χ2n) is 4.95. The summed E-state index contributed by atoms with van der Waals surface area (Å²) in [6.07, 6.45) is 2.55. The Bertz CT molecular complexity index is 828. The maximum atomic E-state index is 12.9. The first-order valence-corrected chi connectivity index (χ1v) is 7.86. The zero-order valence-corrected chi connectivity index (χ0v) is 13.2. The van der Waals surface area contributed by atoms with E-state index in [9.17, 15) is 4.79 Å². The predicted octanol–water partition coefficient (Wildman–Crippen LogP) is 4.87. The smallest absolute Gasteiger partial charge is 0.194 e. The molecule has 3 rings (SSSR count). The van der Waals surface area contributed by atoms with Crippen LogP contribution in [-0.4, -0.2) is 12.9 Å². The lowest BCUT2D eigenvalue weighted by Crippen LogP contribution is -2.03. The summed E-state index contributed by atoms with van der Waals surface area (Å²) in [5.74, 6) is 0.801. The average molecular weight is 308 g/mol. The van der Waals surface area contributed by atoms with Crippen LogP contribution in [0.2, 0.25) is 0 Å². The minimum atomic E-state index is 0.0527. The zero-order valence-electron chi connectivity index (χ0n) is 12.3. The Morgan fingerprint density at radius 1 is 1.18 bits per heavy atom. The molecule has 3 aromatic rings. The van der Waals surface area contributed by atoms with Crippen LogP contribution < -0.4 is 4.74 Å². The highest BCUT2D eigenvalue weighted by molar-refractivity contribution is 7.19. The second-order valence-corrected chi connectivity index (χ2v) is 6.08. The molecule has 0 radical (unpaired) electrons. The van der Waals surface area contributed by atoms with Crippen molar-refractivity contribution in [2.45, 2.75) is 6.42 Å². The van der Waals surface area contributed by atoms with E-state index in [1.807, 2.05) is 48.5 Å². The molecule has 1 heterocycles. The van der Waals surface area contributed by atoms with Gasteiger partial charge in [0.15, 0.2) is 5.78 Å². The highest BCUT2D eigenvalue weighted by Crippen LogP contribution is 2.33. The Hall–Kier alpha value is -2.39. The number of hydrogen-bond donors (Lipinski definition) is 0. The third-order valence-corrected chi connectivity index (χ3v) is 4.77. The van der Waals surface area contributed by atoms with Gasteiger partial charge in [0.25, 0.3) is 0 Å². The molecule has 0 N–H and O–H groups in total. The topological polar surface area (TPSA) is 26.3 Å². The maximum absolute atomic E-state index is 12.9. The van der Waals surface area contributed by atoms with E-state index in [4.69, 9.17) is 4.74 Å². The van der Waals surface area contributed by atoms with E-state index in [1.54, 1.807) is 18.4 Å². The highest BCUT2D eigenvalue weighted by atomic mass is 32.1. The van der Waals surface area contributed by atoms with Crippen molar-refractivity contribution in [3.8, 4) is 5.75 Å². The lowest BCUT2D eigenvalue weighted by Gasteiger charge is -2.05. The number of ether oxygens (including phenoxy) is 1. The zero-order chi connectivity index (χ0) is 15.5. The lowest BCUT2D eigenvalue weighted by molar-refractivity contribution is 0.104. The van der Waals surface area contributed by atoms with Gasteiger partial charge in [-0.1, -0.05) is 24.3 Å². The van der Waals surface area contributed by atoms with Crippen LogP contribution in [0.1, 0.15) is 20.8 Å². The van der Waals surface area contributed by atoms with E-state index >= 15 is 0 Å². The molecule has 0 spiro atoms. The van der Waals surface area contributed by atoms with Crippen molar-refractivity contribution in [1.29, 1.82) is 0 Å². The van der Waals surface area contributed by atoms with Crippen molar-refractivity contribution < 1.29 is 9.53 Å². The molecule has 0 fully saturated rings. The van der Waals surface area contributed by atoms with Gasteiger partial charge >= 0.3 is 0 Å². The first kappa shape index (κ1) is 14.5. The second kappa shape index (κ2) is 6.16. The summed E-state index contributed by atoms with van der Waals surface area (Å²) in [5.41, 5.74) is 1.47. The third-order valence-electron chi connectivity index (χ3n) is 3.58. The molecule has 0 saturated heterocycles. The van der Waals surface area contributed by atoms with Gasteiger partial charge in [0.05, 0.1) is 7.11 Å². The molecule has 0 atom stereocenters. The maximum Gasteiger partial charge on any atom is 0.194 e. The monoisotopic (exact) mass is 308 g/mol. The summed E-state index contributed by atoms with van der Waals surface area (Å²) in [7, 11) is 1.62. The molecule has 0 aliphatic carbocycles. The van der Waals surface area contributed by atoms with Gasteiger partial charge in [0.2, 0.25) is 0 Å². The van der Waals surface area contributed by atoms with Crippen molar-refractivity contribution in [2.75, 3.05) is 7.11 Å². The molecule has 22 heavy (non-hydrogen) atoms. The Morgan fingerprint density at radius 2 is 1.91 bits per heavy atom. The van der Waals surface area contributed by atoms with E-state index in [-0.39, 0.29) is 5.78 Å². The Labute approximate surface area is 133 Å². The molecule has 0 saturated carbocycles. The fourth-order valence-corrected chi connectivity index (χ4v) is 3.70. The van der Waals surface area contributed by atoms with Gasteiger partial charge in [0, 0.05) is 32.5 Å². The van der Waals surface area contributed by atoms with Gasteiger partial charge in [-0.2, -0.15) is 0 Å². The van der Waals surface area contributed by atoms with Crippen LogP contribution in [0.15, 0.2) is 61.2 Å². The molecule has 2 aromatic carbocycles. The van der Waals surface area contributed by atoms with Crippen LogP contribution in [0.3, 0.4) is 0 Å². The summed E-state index contributed by atoms with van der Waals surface area (Å²) in [5, 5.41) is 1.02. The Balaban J connectivity index is 2.12. The van der Waals surface area contributed by atoms with Gasteiger partial charge in [-0.25, -0.2) is 0 Å². The molecule has 0 amide bonds. The fourth-order valence-electron chi connectivity index (χ4n) is 2.51. The standard InChI is InChI=1S/C19H16O2S/c1-3-6-17-18(15-7-4-5-8-16(15)22-17)19(20)13-9-11-14(21-2)12-10-13/h3-5,7-12H,1,6H2,2H3. The molecule has 0 bridgehead atoms. The number of allylic oxidation sites excluding steroid dienone is 1. The molecule has 110 valence electrons. The van der Waals surface area contributed by atoms with Crippen LogP contribution >= 0.6 is 11.3 Å². The summed E-state index contributed by atoms with van der Waals surface area (Å²) in [6.45, 7) is 3.80. The molecular weight excluding hydrogens is 292 g/mol. The predicted molar refractivity (Wildman–Crippen MR) is 92.2 cm³/mol. The average Bonchev–Trinajstić information content (AvgIpc) is 2.92. The van der Waals surface area contributed by atoms with Gasteiger partial charge in [-0.05, 0) is 30.3 Å². The van der Waals surface area contributed by atoms with Crippen molar-refractivity contribution >= 4 is 27.2 Å². The largest absolute Gasteiger partial charge is 0.497 e. The number of rotatable bonds is 5. The Morgan fingerprint density at radius 3 is 2.59 bits per heavy atom. The quantitative estimate of drug-likeness (QED) is 0.496. The molecule has 0 unspecified atom stereocenters. The number of carbonyl (C=O) groups excluding carboxylic acids is 1. The molecular formula is C19H16O2S. The molecule has 3 heteroatoms. The van der Waals surface area contributed by atoms with E-state index < -0.39 is 0 Å². The van der Waals surface area contributed by atoms with Gasteiger partial charge < -0.3 is 4.74 Å². The van der Waals surface area contributed by atoms with E-state index in [2.05, 4.69) is 12.6 Å². The van der Waals surface area contributed by atoms with Crippen LogP contribution in [-0.2, 0) is 6.42 Å². The third kappa shape index (κ3) is 2.55. The summed E-state index contributed by atoms with van der Waals surface area (Å²) >= 11 is 1.66. The Kier molecular flexibility index (Phi) is 4.07. The van der Waals surface area contributed by atoms with Crippen LogP contribution in [0.5, 0.6) is 5.75 Å². The van der Waals surface area contributed by atoms with Crippen LogP contribution in [0.4, 0.5) is 0 Å². The van der Waals surface area contributed by atoms with E-state index in [1.165, 1.54) is 0 Å². The number of fused-ring (bicyclic) bond motifs is 1. The number of methoxy groups -OCH3 is 1. The molecule has 1 aromatic heterocycles. The van der Waals surface area contributed by atoms with Crippen molar-refractivity contribution in [2.24, 2.45) is 0 Å². The van der Waals surface area contributed by atoms with Crippen LogP contribution in [0.25, 0.3) is 10.1 Å². The number of thiophene rings is 1. The summed E-state index contributed by atoms with van der Waals surface area (Å²) < 4.78 is 6.29. The number of carbonyl (C=O) groups is 1. The van der Waals surface area contributed by atoms with Crippen molar-refractivity contribution in [1.82, 2.24) is 0 Å². The molecule has 0 aliphatic rings. The first-order chi connectivity index (χ1) is 10.7. The SMILES string of the molecule is C=CCc1sc2ccccc2c1C(=O)c1ccc(OC)cc1. The highest BCUT2D eigenvalue weighted by Gasteiger charge is 2.19. The van der Waals surface area contributed by atoms with Gasteiger partial charge in [-0.15, -0.1) is 17.9 Å². The first-order valence-electron chi connectivity index (χ1n) is 7.04. The number of benzene rings is 2. The van der Waals surface area contributed by atoms with Gasteiger partial charge in [0.1, 0.15) is 5.75 Å². The van der Waals surface area contributed by atoms with Gasteiger partial charge in [-0.3, -0.25) is 4.79 Å². The number of hydrogen-bond acceptors (Lipinski definition) is 3. The lowest BCUT2D eigenvalue weighted by atomic mass is 9.99. The minimum Gasteiger partial charge on any atom is -0.497 e.